The highest BCUT2D eigenvalue weighted by Gasteiger charge is 2.12. The molecule has 0 aromatic heterocycles. The Labute approximate surface area is 185 Å². The zero-order valence-electron chi connectivity index (χ0n) is 18.3. The second-order valence-electron chi connectivity index (χ2n) is 6.27. The summed E-state index contributed by atoms with van der Waals surface area (Å²) in [4.78, 5) is 12.5. The van der Waals surface area contributed by atoms with E-state index in [0.717, 1.165) is 49.5 Å². The number of hydrogen-bond donors (Lipinski definition) is 3. The molecule has 1 fully saturated rings. The predicted octanol–water partition coefficient (Wildman–Crippen LogP) is 4.47. The van der Waals surface area contributed by atoms with Gasteiger partial charge >= 0.3 is 0 Å². The third-order valence-corrected chi connectivity index (χ3v) is 4.64. The Hall–Kier alpha value is -2.57. The molecule has 0 amide bonds. The van der Waals surface area contributed by atoms with E-state index in [1.54, 1.807) is 14.0 Å². The van der Waals surface area contributed by atoms with E-state index in [4.69, 9.17) is 21.7 Å². The molecule has 0 atom stereocenters. The number of nitrogens with one attached hydrogen (secondary N) is 3. The highest BCUT2D eigenvalue weighted by Crippen LogP contribution is 2.29. The summed E-state index contributed by atoms with van der Waals surface area (Å²) in [6.07, 6.45) is 0.802. The van der Waals surface area contributed by atoms with Gasteiger partial charge in [-0.1, -0.05) is 43.6 Å². The van der Waals surface area contributed by atoms with Gasteiger partial charge in [-0.05, 0) is 25.1 Å². The molecule has 0 radical (unpaired) electrons. The lowest BCUT2D eigenvalue weighted by atomic mass is 10.1. The zero-order valence-corrected chi connectivity index (χ0v) is 19.1. The highest BCUT2D eigenvalue weighted by atomic mass is 35.5. The smallest absolute Gasteiger partial charge is 0.139 e. The fraction of sp³-hybridized carbons (Fsp3) is 0.391. The number of carbonyl (C=O) groups is 1. The fourth-order valence-corrected chi connectivity index (χ4v) is 3.08. The van der Waals surface area contributed by atoms with Crippen LogP contribution in [0.2, 0.25) is 5.02 Å². The van der Waals surface area contributed by atoms with Gasteiger partial charge in [0.2, 0.25) is 0 Å². The van der Waals surface area contributed by atoms with E-state index in [0.29, 0.717) is 10.7 Å². The van der Waals surface area contributed by atoms with Crippen molar-refractivity contribution in [3.05, 3.63) is 53.1 Å². The minimum atomic E-state index is 0.282. The van der Waals surface area contributed by atoms with Crippen LogP contribution in [0, 0.1) is 5.41 Å². The lowest BCUT2D eigenvalue weighted by Crippen LogP contribution is -2.43. The Morgan fingerprint density at radius 1 is 1.23 bits per heavy atom. The fourth-order valence-electron chi connectivity index (χ4n) is 2.88. The molecule has 0 saturated carbocycles. The molecule has 3 rings (SSSR count). The second-order valence-corrected chi connectivity index (χ2v) is 6.68. The number of halogens is 1. The van der Waals surface area contributed by atoms with E-state index in [2.05, 4.69) is 15.5 Å². The summed E-state index contributed by atoms with van der Waals surface area (Å²) in [6.45, 7) is 10.1. The van der Waals surface area contributed by atoms with Gasteiger partial charge < -0.3 is 30.5 Å². The van der Waals surface area contributed by atoms with Crippen molar-refractivity contribution in [3.8, 4) is 5.75 Å². The zero-order chi connectivity index (χ0) is 22.4. The van der Waals surface area contributed by atoms with Crippen molar-refractivity contribution in [1.29, 1.82) is 5.41 Å². The summed E-state index contributed by atoms with van der Waals surface area (Å²) in [7, 11) is 1.64. The van der Waals surface area contributed by atoms with Gasteiger partial charge in [0.05, 0.1) is 18.7 Å². The topological polar surface area (TPSA) is 77.5 Å². The summed E-state index contributed by atoms with van der Waals surface area (Å²) in [5, 5.41) is 14.4. The van der Waals surface area contributed by atoms with Crippen LogP contribution in [-0.4, -0.2) is 51.8 Å². The van der Waals surface area contributed by atoms with Crippen LogP contribution in [0.15, 0.2) is 42.5 Å². The lowest BCUT2D eigenvalue weighted by Gasteiger charge is -2.29. The third-order valence-electron chi connectivity index (χ3n) is 4.32. The standard InChI is InChI=1S/C11H15ClN2O.C10H12N2O.C2H6/c1-15-11-8-9(2-3-10(11)12)14-6-4-13-5-7-14;1-8(11)9-4-2-3-5-10(9)12-6-7-13;1-2/h2-3,8,13H,4-7H2,1H3;2-5,7,11-12H,6H2,1H3;1-2H3. The van der Waals surface area contributed by atoms with Gasteiger partial charge in [0.15, 0.2) is 0 Å². The average molecular weight is 433 g/mol. The molecule has 0 spiro atoms. The Morgan fingerprint density at radius 2 is 1.90 bits per heavy atom. The van der Waals surface area contributed by atoms with Crippen molar-refractivity contribution in [2.24, 2.45) is 0 Å². The number of benzene rings is 2. The summed E-state index contributed by atoms with van der Waals surface area (Å²) in [5.41, 5.74) is 3.35. The Balaban J connectivity index is 0.000000280. The minimum Gasteiger partial charge on any atom is -0.495 e. The van der Waals surface area contributed by atoms with Crippen LogP contribution in [0.3, 0.4) is 0 Å². The molecule has 7 heteroatoms. The van der Waals surface area contributed by atoms with Crippen molar-refractivity contribution >= 4 is 35.0 Å². The van der Waals surface area contributed by atoms with E-state index in [1.807, 2.05) is 56.3 Å². The van der Waals surface area contributed by atoms with E-state index < -0.39 is 0 Å². The molecule has 3 N–H and O–H groups in total. The van der Waals surface area contributed by atoms with Crippen LogP contribution in [0.1, 0.15) is 26.3 Å². The molecule has 0 bridgehead atoms. The van der Waals surface area contributed by atoms with Gasteiger partial charge in [-0.2, -0.15) is 0 Å². The molecular weight excluding hydrogens is 400 g/mol. The number of hydrogen-bond acceptors (Lipinski definition) is 6. The number of rotatable bonds is 6. The van der Waals surface area contributed by atoms with Crippen LogP contribution >= 0.6 is 11.6 Å². The molecule has 30 heavy (non-hydrogen) atoms. The number of carbonyl (C=O) groups excluding carboxylic acids is 1. The van der Waals surface area contributed by atoms with Gasteiger partial charge in [-0.25, -0.2) is 0 Å². The van der Waals surface area contributed by atoms with Gasteiger partial charge in [-0.15, -0.1) is 0 Å². The summed E-state index contributed by atoms with van der Waals surface area (Å²) < 4.78 is 5.20. The first-order chi connectivity index (χ1) is 14.6. The second kappa shape index (κ2) is 14.4. The highest BCUT2D eigenvalue weighted by molar-refractivity contribution is 6.32. The Kier molecular flexibility index (Phi) is 12.2. The first-order valence-electron chi connectivity index (χ1n) is 10.2. The quantitative estimate of drug-likeness (QED) is 0.463. The van der Waals surface area contributed by atoms with Crippen LogP contribution < -0.4 is 20.3 Å². The van der Waals surface area contributed by atoms with Crippen LogP contribution in [0.4, 0.5) is 11.4 Å². The summed E-state index contributed by atoms with van der Waals surface area (Å²) in [5.74, 6) is 0.743. The van der Waals surface area contributed by atoms with Gasteiger partial charge in [-0.3, -0.25) is 0 Å². The molecule has 6 nitrogen and oxygen atoms in total. The molecular formula is C23H33ClN4O2. The largest absolute Gasteiger partial charge is 0.495 e. The number of nitrogens with zero attached hydrogens (tertiary/aromatic N) is 1. The maximum Gasteiger partial charge on any atom is 0.139 e. The number of para-hydroxylation sites is 1. The van der Waals surface area contributed by atoms with Gasteiger partial charge in [0.1, 0.15) is 12.0 Å². The van der Waals surface area contributed by atoms with Gasteiger partial charge in [0, 0.05) is 54.9 Å². The maximum absolute atomic E-state index is 10.1. The molecule has 2 aromatic rings. The maximum atomic E-state index is 10.1. The van der Waals surface area contributed by atoms with Crippen LogP contribution in [0.25, 0.3) is 0 Å². The first kappa shape index (κ1) is 25.5. The summed E-state index contributed by atoms with van der Waals surface area (Å²) >= 11 is 5.98. The molecule has 2 aromatic carbocycles. The first-order valence-corrected chi connectivity index (χ1v) is 10.6. The van der Waals surface area contributed by atoms with Crippen molar-refractivity contribution in [2.45, 2.75) is 20.8 Å². The molecule has 1 heterocycles. The van der Waals surface area contributed by atoms with Crippen molar-refractivity contribution < 1.29 is 9.53 Å². The van der Waals surface area contributed by atoms with Gasteiger partial charge in [0.25, 0.3) is 0 Å². The van der Waals surface area contributed by atoms with Crippen molar-refractivity contribution in [3.63, 3.8) is 0 Å². The normalized spacial score (nSPS) is 12.5. The van der Waals surface area contributed by atoms with E-state index >= 15 is 0 Å². The molecule has 1 aliphatic heterocycles. The monoisotopic (exact) mass is 432 g/mol. The molecule has 0 aliphatic carbocycles. The third kappa shape index (κ3) is 8.05. The SMILES string of the molecule is CC.CC(=N)c1ccccc1NCC=O.COc1cc(N2CCNCC2)ccc1Cl. The Bertz CT molecular complexity index is 793. The van der Waals surface area contributed by atoms with E-state index in [1.165, 1.54) is 5.69 Å². The summed E-state index contributed by atoms with van der Waals surface area (Å²) in [6, 6.07) is 13.4. The van der Waals surface area contributed by atoms with Crippen molar-refractivity contribution in [2.75, 3.05) is 50.1 Å². The van der Waals surface area contributed by atoms with Crippen LogP contribution in [-0.2, 0) is 4.79 Å². The number of aldehydes is 1. The predicted molar refractivity (Wildman–Crippen MR) is 128 cm³/mol. The van der Waals surface area contributed by atoms with E-state index in [-0.39, 0.29) is 6.54 Å². The number of methoxy groups -OCH3 is 1. The number of anilines is 2. The molecule has 1 aliphatic rings. The van der Waals surface area contributed by atoms with E-state index in [9.17, 15) is 4.79 Å². The van der Waals surface area contributed by atoms with Crippen molar-refractivity contribution in [1.82, 2.24) is 5.32 Å². The minimum absolute atomic E-state index is 0.282. The average Bonchev–Trinajstić information content (AvgIpc) is 2.80. The molecule has 1 saturated heterocycles. The lowest BCUT2D eigenvalue weighted by molar-refractivity contribution is -0.106. The number of piperazine rings is 1. The van der Waals surface area contributed by atoms with Crippen LogP contribution in [0.5, 0.6) is 5.75 Å². The molecule has 0 unspecified atom stereocenters. The Morgan fingerprint density at radius 3 is 2.50 bits per heavy atom. The molecule has 164 valence electrons. The number of ether oxygens (including phenoxy) is 1.